The highest BCUT2D eigenvalue weighted by Crippen LogP contribution is 2.36. The van der Waals surface area contributed by atoms with Gasteiger partial charge in [0.1, 0.15) is 0 Å². The Kier molecular flexibility index (Phi) is 5.27. The van der Waals surface area contributed by atoms with E-state index in [1.807, 2.05) is 0 Å². The average molecular weight is 327 g/mol. The van der Waals surface area contributed by atoms with Crippen LogP contribution in [0.5, 0.6) is 11.5 Å². The summed E-state index contributed by atoms with van der Waals surface area (Å²) < 4.78 is 20.0. The van der Waals surface area contributed by atoms with Crippen LogP contribution in [0.15, 0.2) is 18.2 Å². The number of carbonyl (C=O) groups is 2. The molecule has 1 aromatic carbocycles. The van der Waals surface area contributed by atoms with E-state index < -0.39 is 18.0 Å². The first-order valence-corrected chi connectivity index (χ1v) is 6.89. The molecule has 7 heteroatoms. The van der Waals surface area contributed by atoms with Crippen LogP contribution in [0.4, 0.5) is 0 Å². The molecule has 0 spiro atoms. The highest BCUT2D eigenvalue weighted by atomic mass is 35.5. The first-order chi connectivity index (χ1) is 10.5. The maximum Gasteiger partial charge on any atom is 0.347 e. The molecule has 6 nitrogen and oxygen atoms in total. The van der Waals surface area contributed by atoms with Gasteiger partial charge in [0.25, 0.3) is 0 Å². The first-order valence-electron chi connectivity index (χ1n) is 6.52. The van der Waals surface area contributed by atoms with Gasteiger partial charge in [0.05, 0.1) is 25.8 Å². The molecule has 0 amide bonds. The van der Waals surface area contributed by atoms with Crippen LogP contribution in [-0.2, 0) is 19.1 Å². The van der Waals surface area contributed by atoms with Crippen molar-refractivity contribution in [1.29, 1.82) is 0 Å². The fourth-order valence-corrected chi connectivity index (χ4v) is 2.26. The van der Waals surface area contributed by atoms with E-state index in [2.05, 4.69) is 0 Å². The third-order valence-electron chi connectivity index (χ3n) is 3.01. The molecule has 2 rings (SSSR count). The van der Waals surface area contributed by atoms with Crippen LogP contribution in [0.25, 0.3) is 6.08 Å². The van der Waals surface area contributed by atoms with E-state index in [0.717, 1.165) is 0 Å². The molecule has 0 saturated carbocycles. The number of cyclic esters (lactones) is 1. The van der Waals surface area contributed by atoms with Crippen LogP contribution in [0.3, 0.4) is 0 Å². The molecule has 1 atom stereocenters. The highest BCUT2D eigenvalue weighted by Gasteiger charge is 2.29. The molecular weight excluding hydrogens is 312 g/mol. The normalized spacial score (nSPS) is 17.4. The van der Waals surface area contributed by atoms with Crippen molar-refractivity contribution < 1.29 is 28.5 Å². The number of esters is 2. The number of halogens is 1. The quantitative estimate of drug-likeness (QED) is 0.610. The zero-order chi connectivity index (χ0) is 16.1. The SMILES string of the molecule is COc1cc(/C=C/C(=O)O[C@@H]2CCOC2=O)cc(Cl)c1OC. The van der Waals surface area contributed by atoms with Gasteiger partial charge in [-0.25, -0.2) is 9.59 Å². The van der Waals surface area contributed by atoms with E-state index in [-0.39, 0.29) is 6.61 Å². The maximum absolute atomic E-state index is 11.7. The van der Waals surface area contributed by atoms with Gasteiger partial charge in [-0.05, 0) is 23.8 Å². The van der Waals surface area contributed by atoms with Crippen LogP contribution in [0, 0.1) is 0 Å². The summed E-state index contributed by atoms with van der Waals surface area (Å²) in [4.78, 5) is 22.9. The molecule has 1 aliphatic heterocycles. The monoisotopic (exact) mass is 326 g/mol. The molecule has 1 fully saturated rings. The summed E-state index contributed by atoms with van der Waals surface area (Å²) in [6.45, 7) is 0.270. The molecule has 0 radical (unpaired) electrons. The summed E-state index contributed by atoms with van der Waals surface area (Å²) in [6, 6.07) is 3.29. The van der Waals surface area contributed by atoms with Crippen LogP contribution >= 0.6 is 11.6 Å². The minimum atomic E-state index is -0.828. The van der Waals surface area contributed by atoms with Crippen LogP contribution in [0.2, 0.25) is 5.02 Å². The maximum atomic E-state index is 11.7. The Hall–Kier alpha value is -2.21. The van der Waals surface area contributed by atoms with Gasteiger partial charge in [-0.15, -0.1) is 0 Å². The fourth-order valence-electron chi connectivity index (χ4n) is 1.96. The van der Waals surface area contributed by atoms with Gasteiger partial charge in [0.15, 0.2) is 11.5 Å². The van der Waals surface area contributed by atoms with Crippen molar-refractivity contribution in [3.8, 4) is 11.5 Å². The smallest absolute Gasteiger partial charge is 0.347 e. The second kappa shape index (κ2) is 7.17. The third-order valence-corrected chi connectivity index (χ3v) is 3.29. The molecule has 0 bridgehead atoms. The molecule has 1 heterocycles. The molecular formula is C15H15ClO6. The number of hydrogen-bond donors (Lipinski definition) is 0. The van der Waals surface area contributed by atoms with Crippen LogP contribution < -0.4 is 9.47 Å². The minimum absolute atomic E-state index is 0.270. The summed E-state index contributed by atoms with van der Waals surface area (Å²) in [5.74, 6) is -0.286. The van der Waals surface area contributed by atoms with Gasteiger partial charge in [-0.1, -0.05) is 11.6 Å². The zero-order valence-corrected chi connectivity index (χ0v) is 12.9. The molecule has 1 saturated heterocycles. The number of hydrogen-bond acceptors (Lipinski definition) is 6. The molecule has 118 valence electrons. The summed E-state index contributed by atoms with van der Waals surface area (Å²) >= 11 is 6.07. The standard InChI is InChI=1S/C15H15ClO6/c1-19-12-8-9(7-10(16)14(12)20-2)3-4-13(17)22-11-5-6-21-15(11)18/h3-4,7-8,11H,5-6H2,1-2H3/b4-3+/t11-/m1/s1. The zero-order valence-electron chi connectivity index (χ0n) is 12.1. The Labute approximate surface area is 132 Å². The highest BCUT2D eigenvalue weighted by molar-refractivity contribution is 6.32. The van der Waals surface area contributed by atoms with E-state index in [4.69, 9.17) is 30.5 Å². The van der Waals surface area contributed by atoms with Gasteiger partial charge in [0, 0.05) is 12.5 Å². The molecule has 0 aromatic heterocycles. The van der Waals surface area contributed by atoms with Crippen LogP contribution in [0.1, 0.15) is 12.0 Å². The molecule has 0 unspecified atom stereocenters. The molecule has 22 heavy (non-hydrogen) atoms. The topological polar surface area (TPSA) is 71.1 Å². The van der Waals surface area contributed by atoms with Gasteiger partial charge in [-0.3, -0.25) is 0 Å². The van der Waals surface area contributed by atoms with E-state index in [1.54, 1.807) is 12.1 Å². The fraction of sp³-hybridized carbons (Fsp3) is 0.333. The van der Waals surface area contributed by atoms with Gasteiger partial charge < -0.3 is 18.9 Å². The van der Waals surface area contributed by atoms with Crippen molar-refractivity contribution in [2.45, 2.75) is 12.5 Å². The number of carbonyl (C=O) groups excluding carboxylic acids is 2. The lowest BCUT2D eigenvalue weighted by Crippen LogP contribution is -2.21. The van der Waals surface area contributed by atoms with Gasteiger partial charge in [-0.2, -0.15) is 0 Å². The van der Waals surface area contributed by atoms with Gasteiger partial charge in [0.2, 0.25) is 6.10 Å². The van der Waals surface area contributed by atoms with Gasteiger partial charge >= 0.3 is 11.9 Å². The van der Waals surface area contributed by atoms with Crippen LogP contribution in [-0.4, -0.2) is 38.9 Å². The number of benzene rings is 1. The Morgan fingerprint density at radius 1 is 1.36 bits per heavy atom. The van der Waals surface area contributed by atoms with E-state index >= 15 is 0 Å². The minimum Gasteiger partial charge on any atom is -0.493 e. The Morgan fingerprint density at radius 2 is 2.14 bits per heavy atom. The lowest BCUT2D eigenvalue weighted by Gasteiger charge is -2.10. The third kappa shape index (κ3) is 3.71. The van der Waals surface area contributed by atoms with E-state index in [1.165, 1.54) is 26.4 Å². The Bertz CT molecular complexity index is 610. The largest absolute Gasteiger partial charge is 0.493 e. The summed E-state index contributed by atoms with van der Waals surface area (Å²) in [5.41, 5.74) is 0.633. The van der Waals surface area contributed by atoms with E-state index in [0.29, 0.717) is 28.5 Å². The Morgan fingerprint density at radius 3 is 2.73 bits per heavy atom. The lowest BCUT2D eigenvalue weighted by atomic mass is 10.2. The van der Waals surface area contributed by atoms with Crippen molar-refractivity contribution >= 4 is 29.6 Å². The van der Waals surface area contributed by atoms with Crippen molar-refractivity contribution in [2.24, 2.45) is 0 Å². The molecule has 0 N–H and O–H groups in total. The second-order valence-corrected chi connectivity index (χ2v) is 4.86. The van der Waals surface area contributed by atoms with Crippen molar-refractivity contribution in [3.05, 3.63) is 28.8 Å². The number of rotatable bonds is 5. The second-order valence-electron chi connectivity index (χ2n) is 4.45. The average Bonchev–Trinajstić information content (AvgIpc) is 2.89. The summed E-state index contributed by atoms with van der Waals surface area (Å²) in [6.07, 6.45) is 2.27. The number of methoxy groups -OCH3 is 2. The number of ether oxygens (including phenoxy) is 4. The molecule has 0 aliphatic carbocycles. The summed E-state index contributed by atoms with van der Waals surface area (Å²) in [7, 11) is 2.97. The predicted molar refractivity (Wildman–Crippen MR) is 79.0 cm³/mol. The molecule has 1 aliphatic rings. The van der Waals surface area contributed by atoms with E-state index in [9.17, 15) is 9.59 Å². The van der Waals surface area contributed by atoms with Crippen molar-refractivity contribution in [3.63, 3.8) is 0 Å². The lowest BCUT2D eigenvalue weighted by molar-refractivity contribution is -0.156. The predicted octanol–water partition coefficient (Wildman–Crippen LogP) is 2.23. The molecule has 1 aromatic rings. The van der Waals surface area contributed by atoms with Crippen molar-refractivity contribution in [1.82, 2.24) is 0 Å². The van der Waals surface area contributed by atoms with Crippen molar-refractivity contribution in [2.75, 3.05) is 20.8 Å². The first kappa shape index (κ1) is 16.2. The summed E-state index contributed by atoms with van der Waals surface area (Å²) in [5, 5.41) is 0.356. The Balaban J connectivity index is 2.07.